The molecular weight excluding hydrogens is 356 g/mol. The second-order valence-electron chi connectivity index (χ2n) is 5.63. The molecule has 0 aliphatic heterocycles. The van der Waals surface area contributed by atoms with Gasteiger partial charge in [-0.15, -0.1) is 0 Å². The van der Waals surface area contributed by atoms with Crippen molar-refractivity contribution in [3.05, 3.63) is 64.7 Å². The molecule has 1 atom stereocenters. The molecule has 0 spiro atoms. The number of halogens is 1. The van der Waals surface area contributed by atoms with Crippen molar-refractivity contribution in [1.29, 1.82) is 0 Å². The van der Waals surface area contributed by atoms with E-state index in [1.54, 1.807) is 48.5 Å². The van der Waals surface area contributed by atoms with E-state index in [0.29, 0.717) is 16.3 Å². The molecule has 0 radical (unpaired) electrons. The van der Waals surface area contributed by atoms with E-state index >= 15 is 0 Å². The molecule has 0 saturated carbocycles. The molecular formula is C19H19ClN2O4. The van der Waals surface area contributed by atoms with Gasteiger partial charge in [-0.3, -0.25) is 9.59 Å². The van der Waals surface area contributed by atoms with Crippen LogP contribution in [0.25, 0.3) is 0 Å². The number of amides is 2. The topological polar surface area (TPSA) is 84.5 Å². The van der Waals surface area contributed by atoms with Crippen LogP contribution >= 0.6 is 11.6 Å². The summed E-state index contributed by atoms with van der Waals surface area (Å²) >= 11 is 5.88. The summed E-state index contributed by atoms with van der Waals surface area (Å²) < 4.78 is 4.63. The summed E-state index contributed by atoms with van der Waals surface area (Å²) in [4.78, 5) is 35.2. The second-order valence-corrected chi connectivity index (χ2v) is 6.06. The van der Waals surface area contributed by atoms with Crippen LogP contribution in [0.2, 0.25) is 5.02 Å². The molecule has 1 unspecified atom stereocenters. The third-order valence-electron chi connectivity index (χ3n) is 3.63. The predicted molar refractivity (Wildman–Crippen MR) is 99.0 cm³/mol. The van der Waals surface area contributed by atoms with E-state index in [9.17, 15) is 14.4 Å². The summed E-state index contributed by atoms with van der Waals surface area (Å²) in [6, 6.07) is 12.8. The van der Waals surface area contributed by atoms with Gasteiger partial charge in [0, 0.05) is 17.6 Å². The van der Waals surface area contributed by atoms with E-state index in [1.165, 1.54) is 14.0 Å². The van der Waals surface area contributed by atoms with E-state index in [0.717, 1.165) is 5.56 Å². The van der Waals surface area contributed by atoms with Crippen molar-refractivity contribution in [2.45, 2.75) is 19.4 Å². The number of hydrogen-bond acceptors (Lipinski definition) is 4. The fourth-order valence-electron chi connectivity index (χ4n) is 2.40. The van der Waals surface area contributed by atoms with Crippen molar-refractivity contribution in [2.75, 3.05) is 12.4 Å². The summed E-state index contributed by atoms with van der Waals surface area (Å²) in [6.45, 7) is 1.40. The first-order valence-corrected chi connectivity index (χ1v) is 8.27. The molecule has 2 rings (SSSR count). The highest BCUT2D eigenvalue weighted by Gasteiger charge is 2.17. The molecule has 26 heavy (non-hydrogen) atoms. The minimum absolute atomic E-state index is 0.0555. The molecule has 136 valence electrons. The Morgan fingerprint density at radius 2 is 1.65 bits per heavy atom. The zero-order chi connectivity index (χ0) is 19.1. The number of methoxy groups -OCH3 is 1. The number of nitrogens with one attached hydrogen (secondary N) is 2. The molecule has 2 amide bonds. The highest BCUT2D eigenvalue weighted by atomic mass is 35.5. The third-order valence-corrected chi connectivity index (χ3v) is 3.88. The lowest BCUT2D eigenvalue weighted by Gasteiger charge is -2.18. The Morgan fingerprint density at radius 3 is 2.19 bits per heavy atom. The Hall–Kier alpha value is -2.86. The zero-order valence-corrected chi connectivity index (χ0v) is 15.2. The van der Waals surface area contributed by atoms with E-state index in [-0.39, 0.29) is 18.2 Å². The van der Waals surface area contributed by atoms with Gasteiger partial charge in [0.25, 0.3) is 0 Å². The van der Waals surface area contributed by atoms with Crippen molar-refractivity contribution in [1.82, 2.24) is 5.32 Å². The number of esters is 1. The van der Waals surface area contributed by atoms with Crippen LogP contribution in [0, 0.1) is 0 Å². The fraction of sp³-hybridized carbons (Fsp3) is 0.211. The number of anilines is 1. The maximum atomic E-state index is 12.3. The molecule has 0 aromatic heterocycles. The Bertz CT molecular complexity index is 788. The Labute approximate surface area is 156 Å². The molecule has 0 aliphatic rings. The van der Waals surface area contributed by atoms with Gasteiger partial charge in [-0.2, -0.15) is 0 Å². The molecule has 0 heterocycles. The monoisotopic (exact) mass is 374 g/mol. The van der Waals surface area contributed by atoms with Gasteiger partial charge in [0.05, 0.1) is 25.1 Å². The number of carbonyl (C=O) groups excluding carboxylic acids is 3. The number of hydrogen-bond donors (Lipinski definition) is 2. The first-order valence-electron chi connectivity index (χ1n) is 7.90. The van der Waals surface area contributed by atoms with Crippen LogP contribution in [0.4, 0.5) is 5.69 Å². The van der Waals surface area contributed by atoms with Gasteiger partial charge in [0.1, 0.15) is 0 Å². The summed E-state index contributed by atoms with van der Waals surface area (Å²) in [6.07, 6.45) is 0.0555. The minimum Gasteiger partial charge on any atom is -0.465 e. The lowest BCUT2D eigenvalue weighted by atomic mass is 10.0. The first-order chi connectivity index (χ1) is 12.4. The molecule has 0 aliphatic carbocycles. The van der Waals surface area contributed by atoms with Crippen molar-refractivity contribution >= 4 is 35.1 Å². The second kappa shape index (κ2) is 9.01. The van der Waals surface area contributed by atoms with Crippen LogP contribution < -0.4 is 10.6 Å². The van der Waals surface area contributed by atoms with Gasteiger partial charge in [-0.05, 0) is 42.0 Å². The smallest absolute Gasteiger partial charge is 0.337 e. The average molecular weight is 375 g/mol. The van der Waals surface area contributed by atoms with Crippen LogP contribution in [0.15, 0.2) is 48.5 Å². The highest BCUT2D eigenvalue weighted by molar-refractivity contribution is 6.30. The number of carbonyl (C=O) groups is 3. The summed E-state index contributed by atoms with van der Waals surface area (Å²) in [5.41, 5.74) is 1.71. The summed E-state index contributed by atoms with van der Waals surface area (Å²) in [5.74, 6) is -0.957. The standard InChI is InChI=1S/C19H19ClN2O4/c1-12(23)21-17(13-3-7-15(20)8-4-13)11-18(24)22-16-9-5-14(6-10-16)19(25)26-2/h3-10,17H,11H2,1-2H3,(H,21,23)(H,22,24). The summed E-state index contributed by atoms with van der Waals surface area (Å²) in [5, 5.41) is 6.08. The van der Waals surface area contributed by atoms with Gasteiger partial charge in [-0.25, -0.2) is 4.79 Å². The van der Waals surface area contributed by atoms with E-state index in [1.807, 2.05) is 0 Å². The van der Waals surface area contributed by atoms with Crippen molar-refractivity contribution in [2.24, 2.45) is 0 Å². The van der Waals surface area contributed by atoms with E-state index in [4.69, 9.17) is 11.6 Å². The minimum atomic E-state index is -0.473. The van der Waals surface area contributed by atoms with Crippen molar-refractivity contribution in [3.8, 4) is 0 Å². The fourth-order valence-corrected chi connectivity index (χ4v) is 2.52. The Balaban J connectivity index is 2.05. The van der Waals surface area contributed by atoms with Crippen LogP contribution in [0.3, 0.4) is 0 Å². The SMILES string of the molecule is COC(=O)c1ccc(NC(=O)CC(NC(C)=O)c2ccc(Cl)cc2)cc1. The molecule has 0 fully saturated rings. The molecule has 2 aromatic carbocycles. The normalized spacial score (nSPS) is 11.3. The molecule has 2 aromatic rings. The van der Waals surface area contributed by atoms with Gasteiger partial charge in [0.2, 0.25) is 11.8 Å². The van der Waals surface area contributed by atoms with Crippen LogP contribution in [0.1, 0.15) is 35.3 Å². The van der Waals surface area contributed by atoms with Crippen LogP contribution in [-0.4, -0.2) is 24.9 Å². The van der Waals surface area contributed by atoms with Gasteiger partial charge >= 0.3 is 5.97 Å². The highest BCUT2D eigenvalue weighted by Crippen LogP contribution is 2.20. The van der Waals surface area contributed by atoms with Crippen molar-refractivity contribution in [3.63, 3.8) is 0 Å². The van der Waals surface area contributed by atoms with Crippen LogP contribution in [0.5, 0.6) is 0 Å². The van der Waals surface area contributed by atoms with E-state index < -0.39 is 12.0 Å². The van der Waals surface area contributed by atoms with Crippen molar-refractivity contribution < 1.29 is 19.1 Å². The Morgan fingerprint density at radius 1 is 1.04 bits per heavy atom. The third kappa shape index (κ3) is 5.60. The van der Waals surface area contributed by atoms with E-state index in [2.05, 4.69) is 15.4 Å². The van der Waals surface area contributed by atoms with Gasteiger partial charge in [-0.1, -0.05) is 23.7 Å². The number of ether oxygens (including phenoxy) is 1. The molecule has 0 saturated heterocycles. The van der Waals surface area contributed by atoms with Gasteiger partial charge < -0.3 is 15.4 Å². The Kier molecular flexibility index (Phi) is 6.74. The number of benzene rings is 2. The van der Waals surface area contributed by atoms with Crippen LogP contribution in [-0.2, 0) is 14.3 Å². The first kappa shape index (κ1) is 19.5. The maximum Gasteiger partial charge on any atom is 0.337 e. The lowest BCUT2D eigenvalue weighted by Crippen LogP contribution is -2.29. The quantitative estimate of drug-likeness (QED) is 0.759. The van der Waals surface area contributed by atoms with Gasteiger partial charge in [0.15, 0.2) is 0 Å². The number of rotatable bonds is 6. The zero-order valence-electron chi connectivity index (χ0n) is 14.4. The molecule has 7 heteroatoms. The molecule has 0 bridgehead atoms. The summed E-state index contributed by atoms with van der Waals surface area (Å²) in [7, 11) is 1.30. The molecule has 2 N–H and O–H groups in total. The largest absolute Gasteiger partial charge is 0.465 e. The maximum absolute atomic E-state index is 12.3. The average Bonchev–Trinajstić information content (AvgIpc) is 2.61. The predicted octanol–water partition coefficient (Wildman–Crippen LogP) is 3.33. The lowest BCUT2D eigenvalue weighted by molar-refractivity contribution is -0.120. The molecule has 6 nitrogen and oxygen atoms in total.